The molecule has 0 radical (unpaired) electrons. The summed E-state index contributed by atoms with van der Waals surface area (Å²) in [6.45, 7) is 3.39. The molecule has 7 heteroatoms. The number of nitrogens with one attached hydrogen (secondary N) is 2. The van der Waals surface area contributed by atoms with Crippen LogP contribution in [0.15, 0.2) is 66.7 Å². The van der Waals surface area contributed by atoms with Crippen LogP contribution < -0.4 is 20.3 Å². The lowest BCUT2D eigenvalue weighted by Gasteiger charge is -2.30. The van der Waals surface area contributed by atoms with E-state index in [9.17, 15) is 14.7 Å². The molecule has 3 aromatic rings. The van der Waals surface area contributed by atoms with Gasteiger partial charge in [0.1, 0.15) is 5.75 Å². The third-order valence-electron chi connectivity index (χ3n) is 6.67. The molecule has 2 heterocycles. The number of ether oxygens (including phenoxy) is 1. The predicted molar refractivity (Wildman–Crippen MR) is 134 cm³/mol. The largest absolute Gasteiger partial charge is 0.493 e. The van der Waals surface area contributed by atoms with Gasteiger partial charge in [-0.2, -0.15) is 0 Å². The Balaban J connectivity index is 1.30. The first-order chi connectivity index (χ1) is 17.0. The second kappa shape index (κ2) is 9.90. The number of aliphatic hydroxyl groups is 1. The van der Waals surface area contributed by atoms with Crippen molar-refractivity contribution in [2.24, 2.45) is 0 Å². The van der Waals surface area contributed by atoms with E-state index < -0.39 is 6.10 Å². The van der Waals surface area contributed by atoms with Crippen LogP contribution in [0.2, 0.25) is 0 Å². The molecule has 0 bridgehead atoms. The molecule has 2 aliphatic rings. The van der Waals surface area contributed by atoms with E-state index in [1.807, 2.05) is 49.4 Å². The zero-order valence-electron chi connectivity index (χ0n) is 19.7. The zero-order chi connectivity index (χ0) is 24.4. The quantitative estimate of drug-likeness (QED) is 0.493. The first-order valence-electron chi connectivity index (χ1n) is 12.0. The first-order valence-corrected chi connectivity index (χ1v) is 12.0. The number of carbonyl (C=O) groups is 2. The van der Waals surface area contributed by atoms with Gasteiger partial charge in [-0.15, -0.1) is 0 Å². The molecule has 2 aliphatic heterocycles. The average Bonchev–Trinajstić information content (AvgIpc) is 3.22. The third kappa shape index (κ3) is 4.65. The van der Waals surface area contributed by atoms with Gasteiger partial charge in [0.15, 0.2) is 0 Å². The van der Waals surface area contributed by atoms with Crippen molar-refractivity contribution in [3.8, 4) is 5.75 Å². The summed E-state index contributed by atoms with van der Waals surface area (Å²) in [5.74, 6) is -0.0819. The number of hydrogen-bond donors (Lipinski definition) is 3. The van der Waals surface area contributed by atoms with Crippen molar-refractivity contribution in [1.29, 1.82) is 0 Å². The highest BCUT2D eigenvalue weighted by Crippen LogP contribution is 2.33. The van der Waals surface area contributed by atoms with E-state index in [1.165, 1.54) is 11.1 Å². The molecule has 0 aromatic heterocycles. The Labute approximate surface area is 204 Å². The Morgan fingerprint density at radius 3 is 2.63 bits per heavy atom. The smallest absolute Gasteiger partial charge is 0.259 e. The number of benzene rings is 3. The van der Waals surface area contributed by atoms with Crippen LogP contribution in [0.3, 0.4) is 0 Å². The molecule has 2 atom stereocenters. The van der Waals surface area contributed by atoms with Crippen LogP contribution in [0.4, 0.5) is 5.69 Å². The van der Waals surface area contributed by atoms with Crippen molar-refractivity contribution in [1.82, 2.24) is 10.6 Å². The molecular weight excluding hydrogens is 442 g/mol. The molecule has 0 spiro atoms. The van der Waals surface area contributed by atoms with Gasteiger partial charge >= 0.3 is 0 Å². The fraction of sp³-hybridized carbons (Fsp3) is 0.286. The van der Waals surface area contributed by atoms with Gasteiger partial charge in [-0.05, 0) is 54.3 Å². The number of anilines is 1. The van der Waals surface area contributed by atoms with Crippen molar-refractivity contribution in [3.63, 3.8) is 0 Å². The van der Waals surface area contributed by atoms with E-state index in [-0.39, 0.29) is 24.4 Å². The van der Waals surface area contributed by atoms with Gasteiger partial charge in [-0.1, -0.05) is 42.5 Å². The Bertz CT molecular complexity index is 1240. The number of fused-ring (bicyclic) bond motifs is 2. The van der Waals surface area contributed by atoms with E-state index in [4.69, 9.17) is 4.74 Å². The highest BCUT2D eigenvalue weighted by Gasteiger charge is 2.31. The summed E-state index contributed by atoms with van der Waals surface area (Å²) in [6.07, 6.45) is -0.0411. The molecule has 35 heavy (non-hydrogen) atoms. The van der Waals surface area contributed by atoms with Gasteiger partial charge in [-0.25, -0.2) is 0 Å². The van der Waals surface area contributed by atoms with Crippen molar-refractivity contribution in [2.75, 3.05) is 18.1 Å². The van der Waals surface area contributed by atoms with Crippen LogP contribution in [-0.4, -0.2) is 42.2 Å². The van der Waals surface area contributed by atoms with Crippen LogP contribution >= 0.6 is 0 Å². The SMILES string of the molecule is CCOc1cc2c(cc1C(=O)NC[C@@H](O)[C@@H]1Cc3ccccc3CN1)CN(c1ccccc1)C2=O. The topological polar surface area (TPSA) is 90.9 Å². The summed E-state index contributed by atoms with van der Waals surface area (Å²) in [5.41, 5.74) is 4.94. The molecule has 3 aromatic carbocycles. The molecule has 0 fully saturated rings. The first kappa shape index (κ1) is 23.1. The van der Waals surface area contributed by atoms with Crippen molar-refractivity contribution >= 4 is 17.5 Å². The monoisotopic (exact) mass is 471 g/mol. The van der Waals surface area contributed by atoms with Crippen LogP contribution in [0.25, 0.3) is 0 Å². The Hall–Kier alpha value is -3.68. The minimum atomic E-state index is -0.743. The summed E-state index contributed by atoms with van der Waals surface area (Å²) >= 11 is 0. The standard InChI is InChI=1S/C28H29N3O4/c1-2-35-26-14-22-20(17-31(28(22)34)21-10-4-3-5-11-21)12-23(26)27(33)30-16-25(32)24-13-18-8-6-7-9-19(18)15-29-24/h3-12,14,24-25,29,32H,2,13,15-17H2,1H3,(H,30,33)/t24-,25+/m0/s1. The average molecular weight is 472 g/mol. The summed E-state index contributed by atoms with van der Waals surface area (Å²) in [4.78, 5) is 27.9. The number of aliphatic hydroxyl groups excluding tert-OH is 1. The molecule has 180 valence electrons. The van der Waals surface area contributed by atoms with Crippen LogP contribution in [0.5, 0.6) is 5.75 Å². The molecule has 0 unspecified atom stereocenters. The fourth-order valence-corrected chi connectivity index (χ4v) is 4.80. The summed E-state index contributed by atoms with van der Waals surface area (Å²) in [7, 11) is 0. The maximum absolute atomic E-state index is 13.1. The third-order valence-corrected chi connectivity index (χ3v) is 6.67. The lowest BCUT2D eigenvalue weighted by molar-refractivity contribution is 0.0866. The maximum atomic E-state index is 13.1. The number of para-hydroxylation sites is 1. The van der Waals surface area contributed by atoms with Crippen LogP contribution in [-0.2, 0) is 19.5 Å². The highest BCUT2D eigenvalue weighted by molar-refractivity contribution is 6.11. The van der Waals surface area contributed by atoms with Gasteiger partial charge in [0, 0.05) is 30.4 Å². The minimum absolute atomic E-state index is 0.108. The Kier molecular flexibility index (Phi) is 6.53. The number of rotatable bonds is 7. The molecule has 0 saturated carbocycles. The minimum Gasteiger partial charge on any atom is -0.493 e. The number of amides is 2. The molecular formula is C28H29N3O4. The van der Waals surface area contributed by atoms with Gasteiger partial charge in [0.05, 0.1) is 24.8 Å². The van der Waals surface area contributed by atoms with E-state index in [0.29, 0.717) is 43.0 Å². The zero-order valence-corrected chi connectivity index (χ0v) is 19.7. The van der Waals surface area contributed by atoms with Gasteiger partial charge in [0.2, 0.25) is 0 Å². The Morgan fingerprint density at radius 1 is 1.11 bits per heavy atom. The summed E-state index contributed by atoms with van der Waals surface area (Å²) in [6, 6.07) is 20.9. The molecule has 3 N–H and O–H groups in total. The van der Waals surface area contributed by atoms with Crippen molar-refractivity contribution in [2.45, 2.75) is 38.6 Å². The maximum Gasteiger partial charge on any atom is 0.259 e. The lowest BCUT2D eigenvalue weighted by Crippen LogP contribution is -2.49. The number of carbonyl (C=O) groups excluding carboxylic acids is 2. The Morgan fingerprint density at radius 2 is 1.86 bits per heavy atom. The van der Waals surface area contributed by atoms with Crippen LogP contribution in [0, 0.1) is 0 Å². The van der Waals surface area contributed by atoms with Gasteiger partial charge in [-0.3, -0.25) is 9.59 Å². The van der Waals surface area contributed by atoms with E-state index in [0.717, 1.165) is 11.3 Å². The second-order valence-corrected chi connectivity index (χ2v) is 8.90. The molecule has 2 amide bonds. The number of hydrogen-bond acceptors (Lipinski definition) is 5. The molecule has 0 aliphatic carbocycles. The highest BCUT2D eigenvalue weighted by atomic mass is 16.5. The number of nitrogens with zero attached hydrogens (tertiary/aromatic N) is 1. The molecule has 5 rings (SSSR count). The summed E-state index contributed by atoms with van der Waals surface area (Å²) in [5, 5.41) is 17.0. The molecule has 0 saturated heterocycles. The van der Waals surface area contributed by atoms with E-state index in [2.05, 4.69) is 22.8 Å². The summed E-state index contributed by atoms with van der Waals surface area (Å²) < 4.78 is 5.73. The lowest BCUT2D eigenvalue weighted by atomic mass is 9.93. The van der Waals surface area contributed by atoms with Gasteiger partial charge < -0.3 is 25.4 Å². The second-order valence-electron chi connectivity index (χ2n) is 8.90. The van der Waals surface area contributed by atoms with E-state index >= 15 is 0 Å². The normalized spacial score (nSPS) is 17.5. The van der Waals surface area contributed by atoms with Crippen molar-refractivity contribution in [3.05, 3.63) is 94.5 Å². The predicted octanol–water partition coefficient (Wildman–Crippen LogP) is 3.05. The van der Waals surface area contributed by atoms with Gasteiger partial charge in [0.25, 0.3) is 11.8 Å². The van der Waals surface area contributed by atoms with Crippen molar-refractivity contribution < 1.29 is 19.4 Å². The van der Waals surface area contributed by atoms with E-state index in [1.54, 1.807) is 17.0 Å². The molecule has 7 nitrogen and oxygen atoms in total. The fourth-order valence-electron chi connectivity index (χ4n) is 4.80. The van der Waals surface area contributed by atoms with Crippen LogP contribution in [0.1, 0.15) is 44.3 Å².